The molecule has 0 saturated carbocycles. The first kappa shape index (κ1) is 15.3. The molecule has 0 aromatic carbocycles. The Morgan fingerprint density at radius 3 is 2.67 bits per heavy atom. The van der Waals surface area contributed by atoms with Crippen LogP contribution in [0.3, 0.4) is 0 Å². The summed E-state index contributed by atoms with van der Waals surface area (Å²) in [6, 6.07) is 0. The monoisotopic (exact) mass is 330 g/mol. The molecule has 2 aliphatic rings. The van der Waals surface area contributed by atoms with Crippen LogP contribution in [0, 0.1) is 0 Å². The summed E-state index contributed by atoms with van der Waals surface area (Å²) in [7, 11) is 0. The number of ether oxygens (including phenoxy) is 1. The molecule has 0 radical (unpaired) electrons. The van der Waals surface area contributed by atoms with E-state index in [2.05, 4.69) is 19.8 Å². The molecular weight excluding hydrogens is 311 g/mol. The number of anilines is 1. The number of hydrogen-bond donors (Lipinski definition) is 0. The highest BCUT2D eigenvalue weighted by atomic mass is 35.5. The maximum atomic E-state index is 6.18. The largest absolute Gasteiger partial charge is 0.379 e. The van der Waals surface area contributed by atoms with E-state index in [1.54, 1.807) is 0 Å². The molecule has 0 spiro atoms. The van der Waals surface area contributed by atoms with Crippen molar-refractivity contribution in [1.29, 1.82) is 0 Å². The van der Waals surface area contributed by atoms with E-state index in [9.17, 15) is 0 Å². The molecule has 1 saturated heterocycles. The summed E-state index contributed by atoms with van der Waals surface area (Å²) < 4.78 is 5.37. The summed E-state index contributed by atoms with van der Waals surface area (Å²) in [6.07, 6.45) is 3.14. The van der Waals surface area contributed by atoms with Gasteiger partial charge in [-0.25, -0.2) is 9.97 Å². The highest BCUT2D eigenvalue weighted by Crippen LogP contribution is 2.30. The summed E-state index contributed by atoms with van der Waals surface area (Å²) in [6.45, 7) is 6.87. The Bertz CT molecular complexity index is 494. The second kappa shape index (κ2) is 7.09. The average molecular weight is 331 g/mol. The topological polar surface area (TPSA) is 41.5 Å². The Morgan fingerprint density at radius 1 is 1.05 bits per heavy atom. The van der Waals surface area contributed by atoms with Crippen LogP contribution in [-0.2, 0) is 11.2 Å². The number of rotatable bonds is 4. The fourth-order valence-electron chi connectivity index (χ4n) is 2.98. The van der Waals surface area contributed by atoms with Gasteiger partial charge in [0.2, 0.25) is 5.28 Å². The van der Waals surface area contributed by atoms with Gasteiger partial charge in [0.1, 0.15) is 11.0 Å². The molecule has 3 rings (SSSR count). The zero-order chi connectivity index (χ0) is 14.7. The summed E-state index contributed by atoms with van der Waals surface area (Å²) in [5.74, 6) is 0.924. The van der Waals surface area contributed by atoms with Gasteiger partial charge < -0.3 is 9.64 Å². The molecule has 5 nitrogen and oxygen atoms in total. The van der Waals surface area contributed by atoms with E-state index in [1.807, 2.05) is 0 Å². The van der Waals surface area contributed by atoms with Crippen molar-refractivity contribution in [2.75, 3.05) is 50.8 Å². The van der Waals surface area contributed by atoms with Gasteiger partial charge in [-0.05, 0) is 30.9 Å². The molecular formula is C14H20Cl2N4O. The van der Waals surface area contributed by atoms with Crippen LogP contribution < -0.4 is 4.90 Å². The number of morpholine rings is 1. The van der Waals surface area contributed by atoms with Gasteiger partial charge in [-0.2, -0.15) is 0 Å². The van der Waals surface area contributed by atoms with Crippen molar-refractivity contribution in [3.63, 3.8) is 0 Å². The van der Waals surface area contributed by atoms with Crippen molar-refractivity contribution in [1.82, 2.24) is 14.9 Å². The molecule has 2 aliphatic heterocycles. The normalized spacial score (nSPS) is 19.6. The Balaban J connectivity index is 1.60. The third-order valence-corrected chi connectivity index (χ3v) is 4.55. The lowest BCUT2D eigenvalue weighted by Crippen LogP contribution is -2.39. The Hall–Kier alpha value is -0.620. The lowest BCUT2D eigenvalue weighted by atomic mass is 10.1. The van der Waals surface area contributed by atoms with Gasteiger partial charge in [0.25, 0.3) is 0 Å². The first-order valence-corrected chi connectivity index (χ1v) is 8.26. The summed E-state index contributed by atoms with van der Waals surface area (Å²) >= 11 is 12.1. The third kappa shape index (κ3) is 3.77. The van der Waals surface area contributed by atoms with Crippen molar-refractivity contribution >= 4 is 29.0 Å². The van der Waals surface area contributed by atoms with Crippen LogP contribution in [0.25, 0.3) is 0 Å². The zero-order valence-electron chi connectivity index (χ0n) is 12.0. The van der Waals surface area contributed by atoms with Crippen LogP contribution in [0.5, 0.6) is 0 Å². The molecule has 0 N–H and O–H groups in total. The first-order valence-electron chi connectivity index (χ1n) is 7.51. The molecule has 0 bridgehead atoms. The fraction of sp³-hybridized carbons (Fsp3) is 0.714. The van der Waals surface area contributed by atoms with Crippen molar-refractivity contribution in [2.45, 2.75) is 19.3 Å². The van der Waals surface area contributed by atoms with Crippen molar-refractivity contribution < 1.29 is 4.74 Å². The van der Waals surface area contributed by atoms with Gasteiger partial charge in [-0.1, -0.05) is 11.6 Å². The second-order valence-corrected chi connectivity index (χ2v) is 6.18. The van der Waals surface area contributed by atoms with Gasteiger partial charge in [0.05, 0.1) is 13.2 Å². The van der Waals surface area contributed by atoms with E-state index < -0.39 is 0 Å². The lowest BCUT2D eigenvalue weighted by molar-refractivity contribution is 0.0376. The smallest absolute Gasteiger partial charge is 0.225 e. The first-order chi connectivity index (χ1) is 10.2. The van der Waals surface area contributed by atoms with Crippen LogP contribution in [0.15, 0.2) is 0 Å². The standard InChI is InChI=1S/C14H20Cl2N4O/c15-12-11-3-1-5-20(13(11)18-14(16)17-12)6-2-4-19-7-9-21-10-8-19/h1-10H2. The summed E-state index contributed by atoms with van der Waals surface area (Å²) in [5, 5.41) is 0.738. The maximum absolute atomic E-state index is 6.18. The van der Waals surface area contributed by atoms with Gasteiger partial charge in [0.15, 0.2) is 0 Å². The van der Waals surface area contributed by atoms with Gasteiger partial charge in [0, 0.05) is 38.3 Å². The molecule has 0 aliphatic carbocycles. The van der Waals surface area contributed by atoms with E-state index in [0.717, 1.165) is 76.6 Å². The van der Waals surface area contributed by atoms with Crippen molar-refractivity contribution in [2.24, 2.45) is 0 Å². The minimum Gasteiger partial charge on any atom is -0.379 e. The molecule has 1 aromatic heterocycles. The van der Waals surface area contributed by atoms with Crippen LogP contribution in [0.1, 0.15) is 18.4 Å². The molecule has 3 heterocycles. The van der Waals surface area contributed by atoms with Crippen molar-refractivity contribution in [3.05, 3.63) is 16.0 Å². The zero-order valence-corrected chi connectivity index (χ0v) is 13.5. The molecule has 1 fully saturated rings. The summed E-state index contributed by atoms with van der Waals surface area (Å²) in [4.78, 5) is 13.2. The fourth-order valence-corrected chi connectivity index (χ4v) is 3.44. The molecule has 0 unspecified atom stereocenters. The molecule has 7 heteroatoms. The number of aromatic nitrogens is 2. The number of hydrogen-bond acceptors (Lipinski definition) is 5. The average Bonchev–Trinajstić information content (AvgIpc) is 2.49. The SMILES string of the molecule is Clc1nc(Cl)c2c(n1)N(CCCN1CCOCC1)CCC2. The minimum atomic E-state index is 0.235. The van der Waals surface area contributed by atoms with Gasteiger partial charge in [-0.3, -0.25) is 4.90 Å². The minimum absolute atomic E-state index is 0.235. The second-order valence-electron chi connectivity index (χ2n) is 5.48. The predicted octanol–water partition coefficient (Wildman–Crippen LogP) is 2.26. The Labute approximate surface area is 135 Å². The van der Waals surface area contributed by atoms with Crippen LogP contribution in [-0.4, -0.2) is 60.8 Å². The van der Waals surface area contributed by atoms with E-state index in [-0.39, 0.29) is 5.28 Å². The van der Waals surface area contributed by atoms with Gasteiger partial charge in [-0.15, -0.1) is 0 Å². The van der Waals surface area contributed by atoms with Crippen LogP contribution in [0.2, 0.25) is 10.4 Å². The Kier molecular flexibility index (Phi) is 5.16. The summed E-state index contributed by atoms with van der Waals surface area (Å²) in [5.41, 5.74) is 1.04. The molecule has 21 heavy (non-hydrogen) atoms. The van der Waals surface area contributed by atoms with E-state index in [0.29, 0.717) is 5.15 Å². The molecule has 0 amide bonds. The molecule has 0 atom stereocenters. The van der Waals surface area contributed by atoms with E-state index in [4.69, 9.17) is 27.9 Å². The quantitative estimate of drug-likeness (QED) is 0.625. The molecule has 116 valence electrons. The highest BCUT2D eigenvalue weighted by Gasteiger charge is 2.22. The number of halogens is 2. The van der Waals surface area contributed by atoms with Crippen LogP contribution >= 0.6 is 23.2 Å². The third-order valence-electron chi connectivity index (χ3n) is 4.07. The predicted molar refractivity (Wildman–Crippen MR) is 84.5 cm³/mol. The highest BCUT2D eigenvalue weighted by molar-refractivity contribution is 6.32. The number of nitrogens with zero attached hydrogens (tertiary/aromatic N) is 4. The van der Waals surface area contributed by atoms with Crippen LogP contribution in [0.4, 0.5) is 5.82 Å². The van der Waals surface area contributed by atoms with Gasteiger partial charge >= 0.3 is 0 Å². The Morgan fingerprint density at radius 2 is 1.86 bits per heavy atom. The lowest BCUT2D eigenvalue weighted by Gasteiger charge is -2.32. The van der Waals surface area contributed by atoms with E-state index in [1.165, 1.54) is 0 Å². The maximum Gasteiger partial charge on any atom is 0.225 e. The molecule has 1 aromatic rings. The van der Waals surface area contributed by atoms with Crippen molar-refractivity contribution in [3.8, 4) is 0 Å². The van der Waals surface area contributed by atoms with E-state index >= 15 is 0 Å². The number of fused-ring (bicyclic) bond motifs is 1.